The fourth-order valence-corrected chi connectivity index (χ4v) is 1.19. The van der Waals surface area contributed by atoms with E-state index in [9.17, 15) is 8.42 Å². The van der Waals surface area contributed by atoms with Gasteiger partial charge >= 0.3 is 0 Å². The second-order valence-electron chi connectivity index (χ2n) is 2.04. The van der Waals surface area contributed by atoms with Crippen molar-refractivity contribution >= 4 is 19.9 Å². The van der Waals surface area contributed by atoms with E-state index in [1.807, 2.05) is 0 Å². The number of hydrogen-bond acceptors (Lipinski definition) is 2. The Morgan fingerprint density at radius 1 is 1.40 bits per heavy atom. The SMILES string of the molecule is CCCCCNS(=O)(=O)Cl. The summed E-state index contributed by atoms with van der Waals surface area (Å²) in [5, 5.41) is 0. The van der Waals surface area contributed by atoms with E-state index in [2.05, 4.69) is 11.6 Å². The third-order valence-corrected chi connectivity index (χ3v) is 1.93. The summed E-state index contributed by atoms with van der Waals surface area (Å²) in [6.45, 7) is 2.49. The highest BCUT2D eigenvalue weighted by atomic mass is 35.7. The molecule has 1 N–H and O–H groups in total. The summed E-state index contributed by atoms with van der Waals surface area (Å²) in [7, 11) is 1.39. The maximum Gasteiger partial charge on any atom is 0.297 e. The average Bonchev–Trinajstić information content (AvgIpc) is 1.78. The van der Waals surface area contributed by atoms with Crippen LogP contribution in [0.5, 0.6) is 0 Å². The minimum absolute atomic E-state index is 0.444. The van der Waals surface area contributed by atoms with E-state index in [0.717, 1.165) is 19.3 Å². The molecule has 0 aliphatic rings. The summed E-state index contributed by atoms with van der Waals surface area (Å²) in [6.07, 6.45) is 2.95. The topological polar surface area (TPSA) is 46.2 Å². The molecule has 62 valence electrons. The highest BCUT2D eigenvalue weighted by molar-refractivity contribution is 8.12. The lowest BCUT2D eigenvalue weighted by atomic mass is 10.3. The molecule has 0 aliphatic carbocycles. The largest absolute Gasteiger partial charge is 0.297 e. The van der Waals surface area contributed by atoms with Gasteiger partial charge in [0.15, 0.2) is 0 Å². The summed E-state index contributed by atoms with van der Waals surface area (Å²) in [4.78, 5) is 0. The highest BCUT2D eigenvalue weighted by Gasteiger charge is 2.00. The minimum atomic E-state index is -3.48. The Hall–Kier alpha value is 0.200. The molecule has 0 unspecified atom stereocenters. The first kappa shape index (κ1) is 10.2. The van der Waals surface area contributed by atoms with Gasteiger partial charge in [0.1, 0.15) is 0 Å². The third-order valence-electron chi connectivity index (χ3n) is 1.05. The summed E-state index contributed by atoms with van der Waals surface area (Å²) in [5.74, 6) is 0. The molecule has 0 saturated heterocycles. The van der Waals surface area contributed by atoms with E-state index in [-0.39, 0.29) is 0 Å². The fraction of sp³-hybridized carbons (Fsp3) is 1.00. The molecule has 5 heteroatoms. The van der Waals surface area contributed by atoms with Crippen LogP contribution >= 0.6 is 10.7 Å². The van der Waals surface area contributed by atoms with E-state index in [4.69, 9.17) is 10.7 Å². The van der Waals surface area contributed by atoms with Crippen molar-refractivity contribution in [3.63, 3.8) is 0 Å². The summed E-state index contributed by atoms with van der Waals surface area (Å²) in [6, 6.07) is 0. The van der Waals surface area contributed by atoms with Gasteiger partial charge in [-0.25, -0.2) is 4.72 Å². The highest BCUT2D eigenvalue weighted by Crippen LogP contribution is 1.94. The van der Waals surface area contributed by atoms with Gasteiger partial charge in [-0.3, -0.25) is 0 Å². The Bertz CT molecular complexity index is 166. The third kappa shape index (κ3) is 8.20. The lowest BCUT2D eigenvalue weighted by Crippen LogP contribution is -2.18. The summed E-state index contributed by atoms with van der Waals surface area (Å²) >= 11 is 0. The van der Waals surface area contributed by atoms with E-state index in [1.165, 1.54) is 0 Å². The van der Waals surface area contributed by atoms with Crippen molar-refractivity contribution < 1.29 is 8.42 Å². The molecular formula is C5H12ClNO2S. The first-order chi connectivity index (χ1) is 4.56. The van der Waals surface area contributed by atoms with E-state index < -0.39 is 9.24 Å². The molecule has 0 heterocycles. The number of halogens is 1. The first-order valence-electron chi connectivity index (χ1n) is 3.25. The van der Waals surface area contributed by atoms with Crippen LogP contribution < -0.4 is 4.72 Å². The van der Waals surface area contributed by atoms with Gasteiger partial charge in [-0.1, -0.05) is 19.8 Å². The van der Waals surface area contributed by atoms with Crippen molar-refractivity contribution in [1.82, 2.24) is 4.72 Å². The zero-order valence-electron chi connectivity index (χ0n) is 5.93. The van der Waals surface area contributed by atoms with Crippen LogP contribution in [0, 0.1) is 0 Å². The standard InChI is InChI=1S/C5H12ClNO2S/c1-2-3-4-5-7-10(6,8)9/h7H,2-5H2,1H3. The first-order valence-corrected chi connectivity index (χ1v) is 5.56. The number of unbranched alkanes of at least 4 members (excludes halogenated alkanes) is 2. The minimum Gasteiger partial charge on any atom is -0.202 e. The zero-order valence-corrected chi connectivity index (χ0v) is 7.50. The molecule has 0 aromatic carbocycles. The molecular weight excluding hydrogens is 174 g/mol. The monoisotopic (exact) mass is 185 g/mol. The van der Waals surface area contributed by atoms with Gasteiger partial charge in [-0.2, -0.15) is 8.42 Å². The van der Waals surface area contributed by atoms with E-state index in [1.54, 1.807) is 0 Å². The van der Waals surface area contributed by atoms with Crippen molar-refractivity contribution in [3.05, 3.63) is 0 Å². The summed E-state index contributed by atoms with van der Waals surface area (Å²) < 4.78 is 22.7. The Morgan fingerprint density at radius 2 is 2.00 bits per heavy atom. The van der Waals surface area contributed by atoms with Gasteiger partial charge in [0.2, 0.25) is 0 Å². The molecule has 0 saturated carbocycles. The molecule has 0 amide bonds. The van der Waals surface area contributed by atoms with Crippen molar-refractivity contribution in [2.45, 2.75) is 26.2 Å². The predicted octanol–water partition coefficient (Wildman–Crippen LogP) is 1.25. The molecule has 0 aliphatic heterocycles. The smallest absolute Gasteiger partial charge is 0.202 e. The second-order valence-corrected chi connectivity index (χ2v) is 4.42. The number of nitrogens with one attached hydrogen (secondary N) is 1. The van der Waals surface area contributed by atoms with Gasteiger partial charge in [-0.15, -0.1) is 0 Å². The molecule has 0 aromatic heterocycles. The van der Waals surface area contributed by atoms with Crippen LogP contribution in [0.25, 0.3) is 0 Å². The lowest BCUT2D eigenvalue weighted by molar-refractivity contribution is 0.590. The van der Waals surface area contributed by atoms with Crippen molar-refractivity contribution in [3.8, 4) is 0 Å². The maximum atomic E-state index is 10.2. The summed E-state index contributed by atoms with van der Waals surface area (Å²) in [5.41, 5.74) is 0. The molecule has 0 rings (SSSR count). The molecule has 0 aromatic rings. The second kappa shape index (κ2) is 4.93. The quantitative estimate of drug-likeness (QED) is 0.518. The van der Waals surface area contributed by atoms with Crippen LogP contribution in [0.15, 0.2) is 0 Å². The molecule has 0 fully saturated rings. The molecule has 0 spiro atoms. The molecule has 0 atom stereocenters. The zero-order chi connectivity index (χ0) is 8.04. The molecule has 0 bridgehead atoms. The van der Waals surface area contributed by atoms with Crippen molar-refractivity contribution in [1.29, 1.82) is 0 Å². The average molecular weight is 186 g/mol. The Balaban J connectivity index is 3.21. The van der Waals surface area contributed by atoms with Crippen LogP contribution in [-0.4, -0.2) is 15.0 Å². The van der Waals surface area contributed by atoms with Gasteiger partial charge in [-0.05, 0) is 6.42 Å². The Morgan fingerprint density at radius 3 is 2.40 bits per heavy atom. The van der Waals surface area contributed by atoms with Gasteiger partial charge < -0.3 is 0 Å². The maximum absolute atomic E-state index is 10.2. The van der Waals surface area contributed by atoms with Gasteiger partial charge in [0.25, 0.3) is 9.24 Å². The van der Waals surface area contributed by atoms with Gasteiger partial charge in [0.05, 0.1) is 0 Å². The number of hydrogen-bond donors (Lipinski definition) is 1. The van der Waals surface area contributed by atoms with Crippen LogP contribution in [-0.2, 0) is 9.24 Å². The number of rotatable bonds is 5. The van der Waals surface area contributed by atoms with Crippen LogP contribution in [0.4, 0.5) is 0 Å². The fourth-order valence-electron chi connectivity index (χ4n) is 0.569. The van der Waals surface area contributed by atoms with E-state index >= 15 is 0 Å². The van der Waals surface area contributed by atoms with Crippen molar-refractivity contribution in [2.24, 2.45) is 0 Å². The predicted molar refractivity (Wildman–Crippen MR) is 42.3 cm³/mol. The van der Waals surface area contributed by atoms with Gasteiger partial charge in [0, 0.05) is 17.2 Å². The molecule has 3 nitrogen and oxygen atoms in total. The van der Waals surface area contributed by atoms with Crippen LogP contribution in [0.1, 0.15) is 26.2 Å². The Kier molecular flexibility index (Phi) is 5.03. The van der Waals surface area contributed by atoms with Crippen LogP contribution in [0.3, 0.4) is 0 Å². The normalized spacial score (nSPS) is 11.8. The van der Waals surface area contributed by atoms with Crippen LogP contribution in [0.2, 0.25) is 0 Å². The Labute approximate surface area is 66.3 Å². The molecule has 0 radical (unpaired) electrons. The van der Waals surface area contributed by atoms with E-state index in [0.29, 0.717) is 6.54 Å². The lowest BCUT2D eigenvalue weighted by Gasteiger charge is -1.97. The van der Waals surface area contributed by atoms with Crippen molar-refractivity contribution in [2.75, 3.05) is 6.54 Å². The molecule has 10 heavy (non-hydrogen) atoms.